The van der Waals surface area contributed by atoms with E-state index in [0.29, 0.717) is 13.1 Å². The first kappa shape index (κ1) is 14.2. The molecule has 0 unspecified atom stereocenters. The van der Waals surface area contributed by atoms with Gasteiger partial charge in [0.15, 0.2) is 0 Å². The second-order valence-electron chi connectivity index (χ2n) is 4.41. The monoisotopic (exact) mass is 298 g/mol. The number of benzene rings is 1. The van der Waals surface area contributed by atoms with E-state index < -0.39 is 0 Å². The minimum atomic E-state index is 0.0335. The first-order chi connectivity index (χ1) is 7.99. The molecule has 1 rings (SSSR count). The molecule has 4 heteroatoms. The summed E-state index contributed by atoms with van der Waals surface area (Å²) in [5.74, 6) is 0.0335. The third kappa shape index (κ3) is 5.33. The van der Waals surface area contributed by atoms with E-state index in [9.17, 15) is 4.79 Å². The molecule has 94 valence electrons. The third-order valence-corrected chi connectivity index (χ3v) is 3.15. The minimum Gasteiger partial charge on any atom is -0.353 e. The first-order valence-electron chi connectivity index (χ1n) is 5.74. The lowest BCUT2D eigenvalue weighted by molar-refractivity contribution is -0.120. The molecular weight excluding hydrogens is 280 g/mol. The fourth-order valence-electron chi connectivity index (χ4n) is 1.44. The Balaban J connectivity index is 2.36. The molecule has 0 atom stereocenters. The van der Waals surface area contributed by atoms with Crippen molar-refractivity contribution in [3.63, 3.8) is 0 Å². The van der Waals surface area contributed by atoms with Gasteiger partial charge in [-0.2, -0.15) is 0 Å². The molecule has 0 aliphatic heterocycles. The van der Waals surface area contributed by atoms with Crippen LogP contribution in [0.3, 0.4) is 0 Å². The van der Waals surface area contributed by atoms with Gasteiger partial charge in [-0.3, -0.25) is 4.79 Å². The molecule has 0 heterocycles. The highest BCUT2D eigenvalue weighted by atomic mass is 79.9. The first-order valence-corrected chi connectivity index (χ1v) is 6.53. The van der Waals surface area contributed by atoms with Gasteiger partial charge in [-0.05, 0) is 38.0 Å². The number of hydrogen-bond acceptors (Lipinski definition) is 2. The van der Waals surface area contributed by atoms with E-state index in [1.807, 2.05) is 13.8 Å². The van der Waals surface area contributed by atoms with Crippen molar-refractivity contribution in [1.82, 2.24) is 10.6 Å². The molecule has 3 nitrogen and oxygen atoms in total. The summed E-state index contributed by atoms with van der Waals surface area (Å²) in [6.45, 7) is 7.01. The van der Waals surface area contributed by atoms with Crippen LogP contribution in [0.2, 0.25) is 0 Å². The summed E-state index contributed by atoms with van der Waals surface area (Å²) in [7, 11) is 0. The molecule has 0 radical (unpaired) electrons. The molecule has 0 saturated heterocycles. The minimum absolute atomic E-state index is 0.0335. The van der Waals surface area contributed by atoms with Crippen LogP contribution < -0.4 is 10.6 Å². The van der Waals surface area contributed by atoms with Crippen LogP contribution >= 0.6 is 15.9 Å². The molecule has 0 spiro atoms. The quantitative estimate of drug-likeness (QED) is 0.876. The molecule has 0 saturated carbocycles. The van der Waals surface area contributed by atoms with Gasteiger partial charge in [0.2, 0.25) is 5.91 Å². The van der Waals surface area contributed by atoms with Crippen LogP contribution in [0.1, 0.15) is 25.0 Å². The lowest BCUT2D eigenvalue weighted by Gasteiger charge is -2.09. The van der Waals surface area contributed by atoms with Crippen LogP contribution in [0.15, 0.2) is 22.7 Å². The zero-order chi connectivity index (χ0) is 12.8. The molecule has 0 aromatic heterocycles. The maximum atomic E-state index is 11.4. The highest BCUT2D eigenvalue weighted by Crippen LogP contribution is 2.17. The highest BCUT2D eigenvalue weighted by molar-refractivity contribution is 9.10. The van der Waals surface area contributed by atoms with Crippen LogP contribution in [0.5, 0.6) is 0 Å². The van der Waals surface area contributed by atoms with Gasteiger partial charge in [0.25, 0.3) is 0 Å². The van der Waals surface area contributed by atoms with E-state index in [2.05, 4.69) is 51.7 Å². The molecule has 2 N–H and O–H groups in total. The number of amides is 1. The van der Waals surface area contributed by atoms with Crippen molar-refractivity contribution < 1.29 is 4.79 Å². The van der Waals surface area contributed by atoms with Crippen molar-refractivity contribution >= 4 is 21.8 Å². The van der Waals surface area contributed by atoms with E-state index in [0.717, 1.165) is 4.47 Å². The SMILES string of the molecule is Cc1ccc(CNCC(=O)NC(C)C)cc1Br. The summed E-state index contributed by atoms with van der Waals surface area (Å²) in [6.07, 6.45) is 0. The Bertz CT molecular complexity index is 391. The van der Waals surface area contributed by atoms with Crippen LogP contribution in [0.4, 0.5) is 0 Å². The van der Waals surface area contributed by atoms with Crippen molar-refractivity contribution in [2.45, 2.75) is 33.4 Å². The molecule has 1 amide bonds. The fourth-order valence-corrected chi connectivity index (χ4v) is 1.87. The topological polar surface area (TPSA) is 41.1 Å². The lowest BCUT2D eigenvalue weighted by atomic mass is 10.1. The fraction of sp³-hybridized carbons (Fsp3) is 0.462. The highest BCUT2D eigenvalue weighted by Gasteiger charge is 2.02. The second-order valence-corrected chi connectivity index (χ2v) is 5.26. The van der Waals surface area contributed by atoms with Crippen molar-refractivity contribution in [3.8, 4) is 0 Å². The predicted molar refractivity (Wildman–Crippen MR) is 73.9 cm³/mol. The van der Waals surface area contributed by atoms with E-state index in [-0.39, 0.29) is 11.9 Å². The summed E-state index contributed by atoms with van der Waals surface area (Å²) in [4.78, 5) is 11.4. The number of hydrogen-bond donors (Lipinski definition) is 2. The molecule has 0 aliphatic carbocycles. The number of nitrogens with one attached hydrogen (secondary N) is 2. The summed E-state index contributed by atoms with van der Waals surface area (Å²) < 4.78 is 1.10. The molecule has 0 fully saturated rings. The zero-order valence-corrected chi connectivity index (χ0v) is 12.1. The molecule has 17 heavy (non-hydrogen) atoms. The molecular formula is C13H19BrN2O. The average Bonchev–Trinajstić information content (AvgIpc) is 2.22. The molecule has 0 aliphatic rings. The number of carbonyl (C=O) groups is 1. The van der Waals surface area contributed by atoms with Crippen molar-refractivity contribution in [3.05, 3.63) is 33.8 Å². The summed E-state index contributed by atoms with van der Waals surface area (Å²) in [5.41, 5.74) is 2.38. The van der Waals surface area contributed by atoms with E-state index >= 15 is 0 Å². The van der Waals surface area contributed by atoms with E-state index in [4.69, 9.17) is 0 Å². The van der Waals surface area contributed by atoms with Gasteiger partial charge in [0.1, 0.15) is 0 Å². The van der Waals surface area contributed by atoms with Crippen molar-refractivity contribution in [2.24, 2.45) is 0 Å². The van der Waals surface area contributed by atoms with Gasteiger partial charge in [-0.25, -0.2) is 0 Å². The van der Waals surface area contributed by atoms with Crippen LogP contribution in [-0.2, 0) is 11.3 Å². The molecule has 1 aromatic rings. The number of carbonyl (C=O) groups excluding carboxylic acids is 1. The van der Waals surface area contributed by atoms with Crippen molar-refractivity contribution in [2.75, 3.05) is 6.54 Å². The van der Waals surface area contributed by atoms with Crippen LogP contribution in [0.25, 0.3) is 0 Å². The second kappa shape index (κ2) is 6.77. The van der Waals surface area contributed by atoms with Crippen LogP contribution in [0, 0.1) is 6.92 Å². The summed E-state index contributed by atoms with van der Waals surface area (Å²) >= 11 is 3.49. The van der Waals surface area contributed by atoms with Crippen molar-refractivity contribution in [1.29, 1.82) is 0 Å². The van der Waals surface area contributed by atoms with Gasteiger partial charge in [-0.15, -0.1) is 0 Å². The smallest absolute Gasteiger partial charge is 0.234 e. The number of halogens is 1. The Hall–Kier alpha value is -0.870. The Labute approximate surface area is 111 Å². The van der Waals surface area contributed by atoms with E-state index in [1.54, 1.807) is 0 Å². The maximum absolute atomic E-state index is 11.4. The Morgan fingerprint density at radius 1 is 1.41 bits per heavy atom. The largest absolute Gasteiger partial charge is 0.353 e. The van der Waals surface area contributed by atoms with Crippen LogP contribution in [-0.4, -0.2) is 18.5 Å². The Morgan fingerprint density at radius 2 is 2.12 bits per heavy atom. The van der Waals surface area contributed by atoms with E-state index in [1.165, 1.54) is 11.1 Å². The average molecular weight is 299 g/mol. The standard InChI is InChI=1S/C13H19BrN2O/c1-9(2)16-13(17)8-15-7-11-5-4-10(3)12(14)6-11/h4-6,9,15H,7-8H2,1-3H3,(H,16,17). The molecule has 0 bridgehead atoms. The zero-order valence-electron chi connectivity index (χ0n) is 10.5. The van der Waals surface area contributed by atoms with Gasteiger partial charge in [-0.1, -0.05) is 28.1 Å². The Morgan fingerprint density at radius 3 is 2.71 bits per heavy atom. The van der Waals surface area contributed by atoms with Gasteiger partial charge >= 0.3 is 0 Å². The van der Waals surface area contributed by atoms with Gasteiger partial charge < -0.3 is 10.6 Å². The van der Waals surface area contributed by atoms with Gasteiger partial charge in [0.05, 0.1) is 6.54 Å². The maximum Gasteiger partial charge on any atom is 0.234 e. The molecule has 1 aromatic carbocycles. The Kier molecular flexibility index (Phi) is 5.65. The summed E-state index contributed by atoms with van der Waals surface area (Å²) in [5, 5.41) is 5.96. The lowest BCUT2D eigenvalue weighted by Crippen LogP contribution is -2.37. The number of rotatable bonds is 5. The predicted octanol–water partition coefficient (Wildman–Crippen LogP) is 2.37. The van der Waals surface area contributed by atoms with Gasteiger partial charge in [0, 0.05) is 17.1 Å². The third-order valence-electron chi connectivity index (χ3n) is 2.30. The summed E-state index contributed by atoms with van der Waals surface area (Å²) in [6, 6.07) is 6.39. The normalized spacial score (nSPS) is 10.6. The number of aryl methyl sites for hydroxylation is 1.